The zero-order valence-electron chi connectivity index (χ0n) is 17.4. The van der Waals surface area contributed by atoms with Crippen LogP contribution in [0.5, 0.6) is 17.4 Å². The zero-order chi connectivity index (χ0) is 21.4. The molecule has 3 N–H and O–H groups in total. The van der Waals surface area contributed by atoms with Crippen molar-refractivity contribution in [2.45, 2.75) is 52.0 Å². The largest absolute Gasteiger partial charge is 0.497 e. The van der Waals surface area contributed by atoms with E-state index in [4.69, 9.17) is 14.2 Å². The quantitative estimate of drug-likeness (QED) is 0.574. The van der Waals surface area contributed by atoms with E-state index in [2.05, 4.69) is 15.6 Å². The minimum Gasteiger partial charge on any atom is -0.497 e. The first kappa shape index (κ1) is 22.3. The minimum absolute atomic E-state index is 0.351. The van der Waals surface area contributed by atoms with Crippen LogP contribution in [0.15, 0.2) is 42.5 Å². The number of hydrogen-bond acceptors (Lipinski definition) is 7. The Kier molecular flexibility index (Phi) is 7.67. The van der Waals surface area contributed by atoms with Crippen LogP contribution in [-0.2, 0) is 4.74 Å². The minimum atomic E-state index is -1.06. The summed E-state index contributed by atoms with van der Waals surface area (Å²) in [7, 11) is 1.58. The average Bonchev–Trinajstić information content (AvgIpc) is 2.65. The van der Waals surface area contributed by atoms with Crippen molar-refractivity contribution in [3.8, 4) is 17.4 Å². The molecule has 0 aliphatic carbocycles. The molecule has 0 spiro atoms. The van der Waals surface area contributed by atoms with Gasteiger partial charge in [-0.25, -0.2) is 4.79 Å². The monoisotopic (exact) mass is 403 g/mol. The van der Waals surface area contributed by atoms with Crippen LogP contribution >= 0.6 is 0 Å². The fraction of sp³-hybridized carbons (Fsp3) is 0.429. The van der Waals surface area contributed by atoms with Crippen LogP contribution in [0.25, 0.3) is 0 Å². The number of amides is 1. The number of aliphatic hydroxyl groups excluding tert-OH is 1. The van der Waals surface area contributed by atoms with Crippen LogP contribution in [0.4, 0.5) is 10.6 Å². The molecule has 0 saturated carbocycles. The molecule has 29 heavy (non-hydrogen) atoms. The van der Waals surface area contributed by atoms with Gasteiger partial charge < -0.3 is 30.0 Å². The van der Waals surface area contributed by atoms with Gasteiger partial charge in [-0.1, -0.05) is 19.1 Å². The molecule has 0 saturated heterocycles. The second kappa shape index (κ2) is 9.97. The maximum atomic E-state index is 12.0. The molecule has 0 fully saturated rings. The van der Waals surface area contributed by atoms with E-state index in [-0.39, 0.29) is 0 Å². The van der Waals surface area contributed by atoms with E-state index in [1.165, 1.54) is 0 Å². The number of benzene rings is 1. The first-order valence-electron chi connectivity index (χ1n) is 9.43. The van der Waals surface area contributed by atoms with E-state index in [0.717, 1.165) is 0 Å². The molecule has 1 amide bonds. The molecule has 0 aliphatic heterocycles. The Morgan fingerprint density at radius 2 is 1.86 bits per heavy atom. The van der Waals surface area contributed by atoms with Gasteiger partial charge in [0.25, 0.3) is 0 Å². The number of alkyl carbamates (subject to hydrolysis) is 1. The number of rotatable bonds is 8. The average molecular weight is 403 g/mol. The maximum Gasteiger partial charge on any atom is 0.408 e. The highest BCUT2D eigenvalue weighted by Crippen LogP contribution is 2.24. The number of aromatic nitrogens is 1. The smallest absolute Gasteiger partial charge is 0.408 e. The summed E-state index contributed by atoms with van der Waals surface area (Å²) in [6, 6.07) is 11.8. The molecule has 2 rings (SSSR count). The number of nitrogens with one attached hydrogen (secondary N) is 2. The number of ether oxygens (including phenoxy) is 3. The molecular weight excluding hydrogens is 374 g/mol. The molecular formula is C21H29N3O5. The van der Waals surface area contributed by atoms with Gasteiger partial charge in [-0.15, -0.1) is 0 Å². The maximum absolute atomic E-state index is 12.0. The lowest BCUT2D eigenvalue weighted by Gasteiger charge is -2.26. The Morgan fingerprint density at radius 3 is 2.52 bits per heavy atom. The van der Waals surface area contributed by atoms with Crippen molar-refractivity contribution in [2.75, 3.05) is 12.4 Å². The predicted molar refractivity (Wildman–Crippen MR) is 110 cm³/mol. The van der Waals surface area contributed by atoms with Crippen LogP contribution in [0.3, 0.4) is 0 Å². The van der Waals surface area contributed by atoms with Crippen molar-refractivity contribution in [3.05, 3.63) is 42.5 Å². The molecule has 0 radical (unpaired) electrons. The standard InChI is InChI=1S/C21H29N3O5/c1-6-16(22-20(26)29-21(2,3)4)19(25)24-17-11-8-12-18(23-17)28-15-10-7-9-14(13-15)27-5/h7-13,16,19,25H,6H2,1-5H3,(H,22,26)(H,23,24)/t16-,19?/m1/s1. The van der Waals surface area contributed by atoms with Gasteiger partial charge in [0.2, 0.25) is 5.88 Å². The molecule has 8 nitrogen and oxygen atoms in total. The Morgan fingerprint density at radius 1 is 1.17 bits per heavy atom. The normalized spacial score (nSPS) is 13.2. The lowest BCUT2D eigenvalue weighted by atomic mass is 10.2. The van der Waals surface area contributed by atoms with Gasteiger partial charge in [0.15, 0.2) is 0 Å². The predicted octanol–water partition coefficient (Wildman–Crippen LogP) is 3.92. The third-order valence-electron chi connectivity index (χ3n) is 3.81. The highest BCUT2D eigenvalue weighted by molar-refractivity contribution is 5.68. The number of methoxy groups -OCH3 is 1. The van der Waals surface area contributed by atoms with E-state index in [0.29, 0.717) is 29.6 Å². The number of anilines is 1. The topological polar surface area (TPSA) is 102 Å². The number of pyridine rings is 1. The summed E-state index contributed by atoms with van der Waals surface area (Å²) in [5.74, 6) is 2.00. The van der Waals surface area contributed by atoms with Crippen molar-refractivity contribution in [1.29, 1.82) is 0 Å². The Balaban J connectivity index is 2.01. The molecule has 0 aliphatic rings. The number of carbonyl (C=O) groups is 1. The van der Waals surface area contributed by atoms with Crippen molar-refractivity contribution < 1.29 is 24.1 Å². The number of carbonyl (C=O) groups excluding carboxylic acids is 1. The molecule has 2 atom stereocenters. The van der Waals surface area contributed by atoms with E-state index in [9.17, 15) is 9.90 Å². The van der Waals surface area contributed by atoms with Gasteiger partial charge in [-0.2, -0.15) is 4.98 Å². The van der Waals surface area contributed by atoms with E-state index < -0.39 is 24.0 Å². The van der Waals surface area contributed by atoms with Gasteiger partial charge in [0.05, 0.1) is 13.2 Å². The summed E-state index contributed by atoms with van der Waals surface area (Å²) in [4.78, 5) is 16.3. The summed E-state index contributed by atoms with van der Waals surface area (Å²) in [6.45, 7) is 7.18. The Hall–Kier alpha value is -3.00. The molecule has 2 aromatic rings. The summed E-state index contributed by atoms with van der Waals surface area (Å²) in [5.41, 5.74) is -0.617. The fourth-order valence-corrected chi connectivity index (χ4v) is 2.45. The molecule has 158 valence electrons. The SMILES string of the molecule is CC[C@@H](NC(=O)OC(C)(C)C)C(O)Nc1cccc(Oc2cccc(OC)c2)n1. The number of aliphatic hydroxyl groups is 1. The third kappa shape index (κ3) is 7.50. The van der Waals surface area contributed by atoms with Crippen LogP contribution in [0.1, 0.15) is 34.1 Å². The van der Waals surface area contributed by atoms with Crippen LogP contribution in [-0.4, -0.2) is 41.2 Å². The lowest BCUT2D eigenvalue weighted by Crippen LogP contribution is -2.48. The summed E-state index contributed by atoms with van der Waals surface area (Å²) in [6.07, 6.45) is -1.16. The highest BCUT2D eigenvalue weighted by Gasteiger charge is 2.23. The van der Waals surface area contributed by atoms with Crippen LogP contribution in [0.2, 0.25) is 0 Å². The number of nitrogens with zero attached hydrogens (tertiary/aromatic N) is 1. The van der Waals surface area contributed by atoms with Crippen molar-refractivity contribution in [1.82, 2.24) is 10.3 Å². The molecule has 0 bridgehead atoms. The molecule has 1 heterocycles. The summed E-state index contributed by atoms with van der Waals surface area (Å²) in [5, 5.41) is 16.0. The van der Waals surface area contributed by atoms with Gasteiger partial charge in [0, 0.05) is 12.1 Å². The Labute approximate surface area is 171 Å². The zero-order valence-corrected chi connectivity index (χ0v) is 17.4. The van der Waals surface area contributed by atoms with E-state index >= 15 is 0 Å². The van der Waals surface area contributed by atoms with Crippen molar-refractivity contribution >= 4 is 11.9 Å². The third-order valence-corrected chi connectivity index (χ3v) is 3.81. The van der Waals surface area contributed by atoms with Gasteiger partial charge in [0.1, 0.15) is 29.1 Å². The van der Waals surface area contributed by atoms with Gasteiger partial charge >= 0.3 is 6.09 Å². The Bertz CT molecular complexity index is 807. The second-order valence-corrected chi connectivity index (χ2v) is 7.39. The molecule has 1 unspecified atom stereocenters. The molecule has 1 aromatic carbocycles. The first-order valence-corrected chi connectivity index (χ1v) is 9.43. The van der Waals surface area contributed by atoms with Crippen LogP contribution in [0, 0.1) is 0 Å². The fourth-order valence-electron chi connectivity index (χ4n) is 2.45. The highest BCUT2D eigenvalue weighted by atomic mass is 16.6. The van der Waals surface area contributed by atoms with Gasteiger partial charge in [-0.3, -0.25) is 0 Å². The van der Waals surface area contributed by atoms with Gasteiger partial charge in [-0.05, 0) is 45.4 Å². The summed E-state index contributed by atoms with van der Waals surface area (Å²) >= 11 is 0. The lowest BCUT2D eigenvalue weighted by molar-refractivity contribution is 0.0441. The van der Waals surface area contributed by atoms with Crippen LogP contribution < -0.4 is 20.1 Å². The first-order chi connectivity index (χ1) is 13.7. The summed E-state index contributed by atoms with van der Waals surface area (Å²) < 4.78 is 16.2. The van der Waals surface area contributed by atoms with Crippen molar-refractivity contribution in [3.63, 3.8) is 0 Å². The van der Waals surface area contributed by atoms with E-state index in [1.54, 1.807) is 58.2 Å². The molecule has 1 aromatic heterocycles. The second-order valence-electron chi connectivity index (χ2n) is 7.39. The van der Waals surface area contributed by atoms with Crippen molar-refractivity contribution in [2.24, 2.45) is 0 Å². The number of hydrogen-bond donors (Lipinski definition) is 3. The molecule has 8 heteroatoms. The van der Waals surface area contributed by atoms with E-state index in [1.807, 2.05) is 19.1 Å².